The Morgan fingerprint density at radius 2 is 2.00 bits per heavy atom. The number of nitrogens with two attached hydrogens (primary N) is 1. The van der Waals surface area contributed by atoms with Gasteiger partial charge < -0.3 is 11.1 Å². The third kappa shape index (κ3) is 3.30. The summed E-state index contributed by atoms with van der Waals surface area (Å²) >= 11 is 0. The van der Waals surface area contributed by atoms with E-state index in [9.17, 15) is 0 Å². The van der Waals surface area contributed by atoms with Crippen LogP contribution in [0.15, 0.2) is 22.8 Å². The smallest absolute Gasteiger partial charge is 0.221 e. The zero-order chi connectivity index (χ0) is 10.4. The quantitative estimate of drug-likeness (QED) is 0.509. The molecular weight excluding hydrogens is 176 g/mol. The van der Waals surface area contributed by atoms with E-state index >= 15 is 0 Å². The molecule has 0 atom stereocenters. The van der Waals surface area contributed by atoms with Gasteiger partial charge in [0.15, 0.2) is 0 Å². The first kappa shape index (κ1) is 10.9. The molecule has 4 nitrogen and oxygen atoms in total. The first-order valence-electron chi connectivity index (χ1n) is 4.93. The topological polar surface area (TPSA) is 62.8 Å². The van der Waals surface area contributed by atoms with E-state index in [1.165, 1.54) is 0 Å². The standard InChI is InChI=1S/C10H18N4/c1-3-13-10(12-2)14-9-6-4-8(11)5-7-9/h3,8-9H,1-2,4-7,11H2,(H,13,14). The molecule has 0 saturated heterocycles. The molecule has 0 aromatic rings. The summed E-state index contributed by atoms with van der Waals surface area (Å²) in [6, 6.07) is 0.691. The molecule has 0 aromatic heterocycles. The Morgan fingerprint density at radius 1 is 1.36 bits per heavy atom. The number of rotatable bonds is 2. The monoisotopic (exact) mass is 194 g/mol. The second-order valence-corrected chi connectivity index (χ2v) is 3.53. The van der Waals surface area contributed by atoms with Crippen molar-refractivity contribution in [2.24, 2.45) is 15.7 Å². The van der Waals surface area contributed by atoms with Gasteiger partial charge in [0.25, 0.3) is 0 Å². The lowest BCUT2D eigenvalue weighted by Gasteiger charge is -2.23. The first-order chi connectivity index (χ1) is 6.76. The first-order valence-corrected chi connectivity index (χ1v) is 4.93. The molecule has 1 aliphatic carbocycles. The second kappa shape index (κ2) is 5.54. The second-order valence-electron chi connectivity index (χ2n) is 3.53. The third-order valence-electron chi connectivity index (χ3n) is 2.43. The molecule has 14 heavy (non-hydrogen) atoms. The van der Waals surface area contributed by atoms with Crippen LogP contribution in [-0.2, 0) is 0 Å². The lowest BCUT2D eigenvalue weighted by molar-refractivity contribution is 0.395. The molecule has 0 aliphatic heterocycles. The predicted molar refractivity (Wildman–Crippen MR) is 60.5 cm³/mol. The van der Waals surface area contributed by atoms with Crippen LogP contribution >= 0.6 is 0 Å². The van der Waals surface area contributed by atoms with Gasteiger partial charge in [-0.05, 0) is 38.6 Å². The maximum absolute atomic E-state index is 5.80. The Bertz CT molecular complexity index is 226. The van der Waals surface area contributed by atoms with Crippen molar-refractivity contribution in [1.82, 2.24) is 5.32 Å². The highest BCUT2D eigenvalue weighted by molar-refractivity contribution is 5.84. The van der Waals surface area contributed by atoms with Crippen molar-refractivity contribution in [3.05, 3.63) is 12.8 Å². The van der Waals surface area contributed by atoms with Crippen LogP contribution in [0.4, 0.5) is 0 Å². The third-order valence-corrected chi connectivity index (χ3v) is 2.43. The van der Waals surface area contributed by atoms with Crippen molar-refractivity contribution in [2.75, 3.05) is 0 Å². The molecule has 1 fully saturated rings. The van der Waals surface area contributed by atoms with Gasteiger partial charge in [0.1, 0.15) is 0 Å². The number of nitrogens with one attached hydrogen (secondary N) is 1. The van der Waals surface area contributed by atoms with Crippen molar-refractivity contribution >= 4 is 12.7 Å². The van der Waals surface area contributed by atoms with Gasteiger partial charge in [0.2, 0.25) is 5.96 Å². The summed E-state index contributed by atoms with van der Waals surface area (Å²) in [6.07, 6.45) is 5.74. The Morgan fingerprint density at radius 3 is 2.50 bits per heavy atom. The zero-order valence-corrected chi connectivity index (χ0v) is 8.45. The molecule has 1 rings (SSSR count). The van der Waals surface area contributed by atoms with E-state index in [-0.39, 0.29) is 0 Å². The summed E-state index contributed by atoms with van der Waals surface area (Å²) in [7, 11) is 0. The van der Waals surface area contributed by atoms with Crippen molar-refractivity contribution in [2.45, 2.75) is 37.8 Å². The molecule has 78 valence electrons. The van der Waals surface area contributed by atoms with Crippen molar-refractivity contribution < 1.29 is 0 Å². The molecule has 0 amide bonds. The summed E-state index contributed by atoms with van der Waals surface area (Å²) in [5.41, 5.74) is 5.80. The van der Waals surface area contributed by atoms with Gasteiger partial charge >= 0.3 is 0 Å². The lowest BCUT2D eigenvalue weighted by Crippen LogP contribution is -2.29. The zero-order valence-electron chi connectivity index (χ0n) is 8.45. The van der Waals surface area contributed by atoms with Crippen LogP contribution in [0.25, 0.3) is 0 Å². The van der Waals surface area contributed by atoms with Gasteiger partial charge in [0.05, 0.1) is 6.04 Å². The molecule has 0 bridgehead atoms. The summed E-state index contributed by atoms with van der Waals surface area (Å²) in [5.74, 6) is 0.556. The molecule has 0 aromatic carbocycles. The highest BCUT2D eigenvalue weighted by Crippen LogP contribution is 2.19. The van der Waals surface area contributed by atoms with E-state index in [4.69, 9.17) is 5.73 Å². The van der Waals surface area contributed by atoms with Gasteiger partial charge in [-0.2, -0.15) is 0 Å². The molecule has 0 unspecified atom stereocenters. The molecule has 1 saturated carbocycles. The average molecular weight is 194 g/mol. The number of nitrogens with zero attached hydrogens (tertiary/aromatic N) is 2. The minimum atomic E-state index is 0.336. The molecule has 3 N–H and O–H groups in total. The Hall–Kier alpha value is -1.16. The molecule has 1 aliphatic rings. The van der Waals surface area contributed by atoms with Crippen LogP contribution in [0.1, 0.15) is 25.7 Å². The fourth-order valence-corrected chi connectivity index (χ4v) is 1.62. The van der Waals surface area contributed by atoms with E-state index in [2.05, 4.69) is 28.6 Å². The summed E-state index contributed by atoms with van der Waals surface area (Å²) < 4.78 is 0. The minimum Gasteiger partial charge on any atom is -0.332 e. The van der Waals surface area contributed by atoms with Crippen LogP contribution in [0, 0.1) is 0 Å². The largest absolute Gasteiger partial charge is 0.332 e. The van der Waals surface area contributed by atoms with Gasteiger partial charge in [-0.15, -0.1) is 0 Å². The number of hydrogen-bond acceptors (Lipinski definition) is 2. The summed E-state index contributed by atoms with van der Waals surface area (Å²) in [6.45, 7) is 7.00. The predicted octanol–water partition coefficient (Wildman–Crippen LogP) is 1.05. The number of guanidine groups is 1. The van der Waals surface area contributed by atoms with E-state index in [0.717, 1.165) is 25.7 Å². The minimum absolute atomic E-state index is 0.336. The van der Waals surface area contributed by atoms with Gasteiger partial charge in [-0.3, -0.25) is 0 Å². The van der Waals surface area contributed by atoms with Gasteiger partial charge in [0, 0.05) is 6.04 Å². The van der Waals surface area contributed by atoms with E-state index in [1.54, 1.807) is 6.20 Å². The van der Waals surface area contributed by atoms with Gasteiger partial charge in [-0.25, -0.2) is 9.98 Å². The lowest BCUT2D eigenvalue weighted by atomic mass is 9.92. The normalized spacial score (nSPS) is 28.2. The highest BCUT2D eigenvalue weighted by atomic mass is 15.1. The molecule has 4 heteroatoms. The van der Waals surface area contributed by atoms with Crippen LogP contribution in [-0.4, -0.2) is 24.8 Å². The van der Waals surface area contributed by atoms with Crippen LogP contribution in [0.3, 0.4) is 0 Å². The Kier molecular flexibility index (Phi) is 4.32. The van der Waals surface area contributed by atoms with Crippen molar-refractivity contribution in [3.8, 4) is 0 Å². The fourth-order valence-electron chi connectivity index (χ4n) is 1.62. The fraction of sp³-hybridized carbons (Fsp3) is 0.600. The summed E-state index contributed by atoms with van der Waals surface area (Å²) in [5, 5.41) is 2.84. The molecule has 0 heterocycles. The summed E-state index contributed by atoms with van der Waals surface area (Å²) in [4.78, 5) is 8.21. The maximum atomic E-state index is 5.80. The molecule has 0 spiro atoms. The number of hydrogen-bond donors (Lipinski definition) is 2. The Labute approximate surface area is 85.0 Å². The van der Waals surface area contributed by atoms with Crippen molar-refractivity contribution in [1.29, 1.82) is 0 Å². The van der Waals surface area contributed by atoms with Crippen LogP contribution in [0.2, 0.25) is 0 Å². The van der Waals surface area contributed by atoms with Crippen molar-refractivity contribution in [3.63, 3.8) is 0 Å². The van der Waals surface area contributed by atoms with E-state index in [1.807, 2.05) is 0 Å². The average Bonchev–Trinajstić information content (AvgIpc) is 2.20. The molecule has 0 radical (unpaired) electrons. The van der Waals surface area contributed by atoms with E-state index in [0.29, 0.717) is 18.0 Å². The highest BCUT2D eigenvalue weighted by Gasteiger charge is 2.17. The maximum Gasteiger partial charge on any atom is 0.221 e. The van der Waals surface area contributed by atoms with E-state index < -0.39 is 0 Å². The number of aliphatic imine (C=N–C) groups is 2. The van der Waals surface area contributed by atoms with Crippen LogP contribution < -0.4 is 11.1 Å². The SMILES string of the molecule is C=CNC(N=C)=NC1CCC(N)CC1. The van der Waals surface area contributed by atoms with Crippen LogP contribution in [0.5, 0.6) is 0 Å². The van der Waals surface area contributed by atoms with Gasteiger partial charge in [-0.1, -0.05) is 6.58 Å². The molecular formula is C10H18N4. The Balaban J connectivity index is 2.48.